The van der Waals surface area contributed by atoms with Gasteiger partial charge in [0.2, 0.25) is 17.8 Å². The monoisotopic (exact) mass is 510 g/mol. The molecule has 3 N–H and O–H groups in total. The molecule has 0 aromatic heterocycles. The molecule has 3 atom stereocenters. The Morgan fingerprint density at radius 2 is 1.62 bits per heavy atom. The average Bonchev–Trinajstić information content (AvgIpc) is 2.80. The van der Waals surface area contributed by atoms with Crippen LogP contribution < -0.4 is 15.4 Å². The Labute approximate surface area is 214 Å². The van der Waals surface area contributed by atoms with Crippen LogP contribution in [0.3, 0.4) is 0 Å². The van der Waals surface area contributed by atoms with Crippen LogP contribution in [0.2, 0.25) is 0 Å². The van der Waals surface area contributed by atoms with Crippen molar-refractivity contribution in [2.24, 2.45) is 0 Å². The number of rotatable bonds is 7. The fourth-order valence-electron chi connectivity index (χ4n) is 3.73. The highest BCUT2D eigenvalue weighted by atomic mass is 16.6. The van der Waals surface area contributed by atoms with Crippen LogP contribution in [-0.2, 0) is 30.3 Å². The second kappa shape index (κ2) is 11.6. The van der Waals surface area contributed by atoms with E-state index in [2.05, 4.69) is 10.6 Å². The van der Waals surface area contributed by atoms with E-state index in [4.69, 9.17) is 14.2 Å². The van der Waals surface area contributed by atoms with E-state index < -0.39 is 53.5 Å². The lowest BCUT2D eigenvalue weighted by Gasteiger charge is -2.36. The molecular weight excluding hydrogens is 480 g/mol. The minimum absolute atomic E-state index is 0.254. The van der Waals surface area contributed by atoms with Gasteiger partial charge < -0.3 is 30.0 Å². The van der Waals surface area contributed by atoms with Gasteiger partial charge in [-0.1, -0.05) is 48.5 Å². The number of para-hydroxylation sites is 1. The lowest BCUT2D eigenvalue weighted by Crippen LogP contribution is -2.62. The number of ether oxygens (including phenoxy) is 3. The van der Waals surface area contributed by atoms with Crippen molar-refractivity contribution < 1.29 is 38.5 Å². The summed E-state index contributed by atoms with van der Waals surface area (Å²) in [7, 11) is 0. The highest BCUT2D eigenvalue weighted by Crippen LogP contribution is 2.25. The first kappa shape index (κ1) is 27.3. The zero-order valence-corrected chi connectivity index (χ0v) is 21.0. The number of carboxylic acids is 1. The third kappa shape index (κ3) is 7.83. The van der Waals surface area contributed by atoms with Gasteiger partial charge in [-0.25, -0.2) is 14.4 Å². The van der Waals surface area contributed by atoms with E-state index >= 15 is 0 Å². The van der Waals surface area contributed by atoms with Crippen molar-refractivity contribution in [3.63, 3.8) is 0 Å². The molecule has 0 saturated carbocycles. The molecular formula is C27H30N2O8. The van der Waals surface area contributed by atoms with Gasteiger partial charge in [-0.15, -0.1) is 0 Å². The predicted octanol–water partition coefficient (Wildman–Crippen LogP) is 2.95. The number of alkyl carbamates (subject to hydrolysis) is 1. The number of carbonyl (C=O) groups excluding carboxylic acids is 3. The first-order chi connectivity index (χ1) is 17.4. The summed E-state index contributed by atoms with van der Waals surface area (Å²) in [5.41, 5.74) is 0.874. The first-order valence-electron chi connectivity index (χ1n) is 11.6. The van der Waals surface area contributed by atoms with Crippen LogP contribution in [0.15, 0.2) is 66.4 Å². The fraction of sp³-hybridized carbons (Fsp3) is 0.333. The summed E-state index contributed by atoms with van der Waals surface area (Å²) in [6.07, 6.45) is -0.866. The maximum atomic E-state index is 13.3. The molecule has 0 radical (unpaired) electrons. The third-order valence-corrected chi connectivity index (χ3v) is 5.21. The summed E-state index contributed by atoms with van der Waals surface area (Å²) in [4.78, 5) is 49.5. The SMILES string of the molecule is CC(=O)N[C@@H]1[C@@H](NC(=O)OC(C)(C)C)C=C(C(=O)O)O[C@H]1C(=O)Oc1ccccc1Cc1ccccc1. The Morgan fingerprint density at radius 1 is 0.973 bits per heavy atom. The summed E-state index contributed by atoms with van der Waals surface area (Å²) < 4.78 is 16.4. The molecule has 2 aromatic carbocycles. The van der Waals surface area contributed by atoms with Crippen LogP contribution in [0.25, 0.3) is 0 Å². The van der Waals surface area contributed by atoms with Crippen LogP contribution in [0.4, 0.5) is 4.79 Å². The number of esters is 1. The summed E-state index contributed by atoms with van der Waals surface area (Å²) in [5, 5.41) is 14.6. The zero-order chi connectivity index (χ0) is 27.2. The van der Waals surface area contributed by atoms with Gasteiger partial charge in [0, 0.05) is 13.3 Å². The Kier molecular flexibility index (Phi) is 8.54. The highest BCUT2D eigenvalue weighted by molar-refractivity contribution is 5.88. The van der Waals surface area contributed by atoms with Crippen LogP contribution in [0, 0.1) is 0 Å². The predicted molar refractivity (Wildman–Crippen MR) is 133 cm³/mol. The van der Waals surface area contributed by atoms with Gasteiger partial charge in [0.15, 0.2) is 0 Å². The van der Waals surface area contributed by atoms with Crippen molar-refractivity contribution in [3.05, 3.63) is 77.6 Å². The van der Waals surface area contributed by atoms with Crippen LogP contribution in [0.5, 0.6) is 5.75 Å². The van der Waals surface area contributed by atoms with Gasteiger partial charge in [0.05, 0.1) is 6.04 Å². The molecule has 1 aliphatic heterocycles. The molecule has 0 saturated heterocycles. The lowest BCUT2D eigenvalue weighted by molar-refractivity contribution is -0.152. The van der Waals surface area contributed by atoms with E-state index in [1.807, 2.05) is 30.3 Å². The largest absolute Gasteiger partial charge is 0.475 e. The van der Waals surface area contributed by atoms with Crippen molar-refractivity contribution in [2.45, 2.75) is 57.9 Å². The van der Waals surface area contributed by atoms with Crippen molar-refractivity contribution in [1.82, 2.24) is 10.6 Å². The molecule has 2 amide bonds. The molecule has 196 valence electrons. The van der Waals surface area contributed by atoms with Crippen molar-refractivity contribution >= 4 is 23.9 Å². The van der Waals surface area contributed by atoms with Gasteiger partial charge in [-0.3, -0.25) is 4.79 Å². The molecule has 1 aliphatic rings. The molecule has 0 bridgehead atoms. The number of carboxylic acid groups (broad SMARTS) is 1. The number of carbonyl (C=O) groups is 4. The third-order valence-electron chi connectivity index (χ3n) is 5.21. The quantitative estimate of drug-likeness (QED) is 0.382. The molecule has 0 aliphatic carbocycles. The summed E-state index contributed by atoms with van der Waals surface area (Å²) in [6, 6.07) is 14.2. The minimum Gasteiger partial charge on any atom is -0.475 e. The van der Waals surface area contributed by atoms with Crippen LogP contribution in [-0.4, -0.2) is 52.8 Å². The lowest BCUT2D eigenvalue weighted by atomic mass is 9.97. The molecule has 37 heavy (non-hydrogen) atoms. The molecule has 0 fully saturated rings. The highest BCUT2D eigenvalue weighted by Gasteiger charge is 2.44. The molecule has 10 heteroatoms. The van der Waals surface area contributed by atoms with Crippen molar-refractivity contribution in [1.29, 1.82) is 0 Å². The minimum atomic E-state index is -1.58. The zero-order valence-electron chi connectivity index (χ0n) is 21.0. The van der Waals surface area contributed by atoms with Crippen molar-refractivity contribution in [2.75, 3.05) is 0 Å². The molecule has 3 rings (SSSR count). The maximum Gasteiger partial charge on any atom is 0.408 e. The fourth-order valence-corrected chi connectivity index (χ4v) is 3.73. The summed E-state index contributed by atoms with van der Waals surface area (Å²) in [5.74, 6) is -3.26. The van der Waals surface area contributed by atoms with E-state index in [0.717, 1.165) is 11.6 Å². The number of hydrogen-bond acceptors (Lipinski definition) is 7. The second-order valence-corrected chi connectivity index (χ2v) is 9.46. The van der Waals surface area contributed by atoms with Crippen LogP contribution >= 0.6 is 0 Å². The smallest absolute Gasteiger partial charge is 0.408 e. The number of nitrogens with one attached hydrogen (secondary N) is 2. The Morgan fingerprint density at radius 3 is 2.24 bits per heavy atom. The Balaban J connectivity index is 1.89. The van der Waals surface area contributed by atoms with Gasteiger partial charge in [-0.2, -0.15) is 0 Å². The average molecular weight is 511 g/mol. The molecule has 2 aromatic rings. The standard InChI is InChI=1S/C27H30N2O8/c1-16(30)28-22-19(29-26(34)37-27(2,3)4)15-21(24(31)32)35-23(22)25(33)36-20-13-9-8-12-18(20)14-17-10-6-5-7-11-17/h5-13,15,19,22-23H,14H2,1-4H3,(H,28,30)(H,29,34)(H,31,32)/t19-,22+,23+/m0/s1. The summed E-state index contributed by atoms with van der Waals surface area (Å²) >= 11 is 0. The van der Waals surface area contributed by atoms with E-state index in [0.29, 0.717) is 12.0 Å². The van der Waals surface area contributed by atoms with Gasteiger partial charge >= 0.3 is 18.0 Å². The van der Waals surface area contributed by atoms with Crippen molar-refractivity contribution in [3.8, 4) is 5.75 Å². The second-order valence-electron chi connectivity index (χ2n) is 9.46. The number of amides is 2. The molecule has 10 nitrogen and oxygen atoms in total. The normalized spacial score (nSPS) is 19.0. The number of aliphatic carboxylic acids is 1. The van der Waals surface area contributed by atoms with Crippen LogP contribution in [0.1, 0.15) is 38.8 Å². The topological polar surface area (TPSA) is 140 Å². The van der Waals surface area contributed by atoms with E-state index in [-0.39, 0.29) is 5.75 Å². The Bertz CT molecular complexity index is 1190. The molecule has 0 spiro atoms. The molecule has 1 heterocycles. The van der Waals surface area contributed by atoms with Gasteiger partial charge in [0.25, 0.3) is 0 Å². The first-order valence-corrected chi connectivity index (χ1v) is 11.6. The van der Waals surface area contributed by atoms with E-state index in [9.17, 15) is 24.3 Å². The maximum absolute atomic E-state index is 13.3. The van der Waals surface area contributed by atoms with E-state index in [1.54, 1.807) is 45.0 Å². The summed E-state index contributed by atoms with van der Waals surface area (Å²) in [6.45, 7) is 6.20. The van der Waals surface area contributed by atoms with Gasteiger partial charge in [-0.05, 0) is 44.0 Å². The Hall–Kier alpha value is -4.34. The molecule has 0 unspecified atom stereocenters. The van der Waals surface area contributed by atoms with Gasteiger partial charge in [0.1, 0.15) is 17.4 Å². The van der Waals surface area contributed by atoms with E-state index in [1.165, 1.54) is 6.92 Å². The number of hydrogen-bond donors (Lipinski definition) is 3. The number of benzene rings is 2.